The van der Waals surface area contributed by atoms with Crippen LogP contribution in [0.4, 0.5) is 0 Å². The van der Waals surface area contributed by atoms with Gasteiger partial charge in [-0.15, -0.1) is 0 Å². The standard InChI is InChI=1S/C6H10Si4/c1-5-2-9-4-6(1)7-10(3-5)8-9/h5-6H,1-4H2. The van der Waals surface area contributed by atoms with Crippen LogP contribution in [0.2, 0.25) is 23.7 Å². The first kappa shape index (κ1) is 6.39. The Kier molecular flexibility index (Phi) is 1.39. The molecule has 0 aromatic rings. The molecule has 6 radical (unpaired) electrons. The molecule has 0 saturated carbocycles. The van der Waals surface area contributed by atoms with Gasteiger partial charge in [0.2, 0.25) is 0 Å². The Morgan fingerprint density at radius 3 is 2.90 bits per heavy atom. The van der Waals surface area contributed by atoms with Crippen molar-refractivity contribution in [3.8, 4) is 0 Å². The summed E-state index contributed by atoms with van der Waals surface area (Å²) in [5, 5.41) is 0. The van der Waals surface area contributed by atoms with E-state index in [0.29, 0.717) is 16.1 Å². The minimum absolute atomic E-state index is 0.332. The van der Waals surface area contributed by atoms with Crippen molar-refractivity contribution in [1.82, 2.24) is 0 Å². The highest BCUT2D eigenvalue weighted by Crippen LogP contribution is 2.44. The molecule has 0 aromatic heterocycles. The third-order valence-corrected chi connectivity index (χ3v) is 25.4. The maximum atomic E-state index is 1.76. The molecule has 4 aliphatic heterocycles. The molecule has 50 valence electrons. The van der Waals surface area contributed by atoms with Crippen molar-refractivity contribution >= 4 is 33.7 Å². The summed E-state index contributed by atoms with van der Waals surface area (Å²) < 4.78 is 0. The molecule has 0 aliphatic carbocycles. The molecule has 2 unspecified atom stereocenters. The second kappa shape index (κ2) is 2.18. The van der Waals surface area contributed by atoms with Gasteiger partial charge in [0, 0.05) is 33.7 Å². The highest BCUT2D eigenvalue weighted by molar-refractivity contribution is 7.57. The molecular weight excluding hydrogens is 184 g/mol. The quantitative estimate of drug-likeness (QED) is 0.498. The Morgan fingerprint density at radius 1 is 1.20 bits per heavy atom. The zero-order valence-electron chi connectivity index (χ0n) is 5.98. The summed E-state index contributed by atoms with van der Waals surface area (Å²) in [6.07, 6.45) is 1.67. The highest BCUT2D eigenvalue weighted by Gasteiger charge is 2.43. The van der Waals surface area contributed by atoms with Crippen molar-refractivity contribution < 1.29 is 0 Å². The summed E-state index contributed by atoms with van der Waals surface area (Å²) in [6.45, 7) is 0. The van der Waals surface area contributed by atoms with Crippen LogP contribution < -0.4 is 0 Å². The Bertz CT molecular complexity index is 101. The molecule has 4 rings (SSSR count). The Morgan fingerprint density at radius 2 is 2.20 bits per heavy atom. The van der Waals surface area contributed by atoms with Crippen LogP contribution in [0, 0.1) is 5.92 Å². The third kappa shape index (κ3) is 0.888. The highest BCUT2D eigenvalue weighted by atomic mass is 29.8. The third-order valence-electron chi connectivity index (χ3n) is 2.84. The lowest BCUT2D eigenvalue weighted by molar-refractivity contribution is 0.533. The van der Waals surface area contributed by atoms with Crippen LogP contribution in [-0.2, 0) is 0 Å². The predicted molar refractivity (Wildman–Crippen MR) is 49.3 cm³/mol. The van der Waals surface area contributed by atoms with Crippen LogP contribution in [-0.4, -0.2) is 33.7 Å². The van der Waals surface area contributed by atoms with Gasteiger partial charge in [-0.05, 0) is 5.92 Å². The van der Waals surface area contributed by atoms with E-state index in [1.54, 1.807) is 33.1 Å². The van der Waals surface area contributed by atoms with E-state index in [9.17, 15) is 0 Å². The molecule has 4 aliphatic rings. The Labute approximate surface area is 70.0 Å². The molecule has 0 aromatic carbocycles. The molecule has 0 amide bonds. The van der Waals surface area contributed by atoms with E-state index >= 15 is 0 Å². The summed E-state index contributed by atoms with van der Waals surface area (Å²) in [4.78, 5) is 0. The van der Waals surface area contributed by atoms with Gasteiger partial charge in [-0.25, -0.2) is 0 Å². The minimum atomic E-state index is 0.332. The van der Waals surface area contributed by atoms with Crippen molar-refractivity contribution in [2.45, 2.75) is 30.1 Å². The average Bonchev–Trinajstić information content (AvgIpc) is 1.82. The SMILES string of the molecule is C1C2C[Si]3CC1[Si][Si](C2)[Si]3. The van der Waals surface area contributed by atoms with Crippen molar-refractivity contribution in [3.05, 3.63) is 0 Å². The average molecular weight is 194 g/mol. The van der Waals surface area contributed by atoms with Crippen LogP contribution in [0.15, 0.2) is 0 Å². The van der Waals surface area contributed by atoms with Crippen LogP contribution >= 0.6 is 0 Å². The molecule has 10 heavy (non-hydrogen) atoms. The topological polar surface area (TPSA) is 0 Å². The minimum Gasteiger partial charge on any atom is -0.0619 e. The first-order chi connectivity index (χ1) is 4.90. The molecule has 4 bridgehead atoms. The summed E-state index contributed by atoms with van der Waals surface area (Å²) >= 11 is 0. The largest absolute Gasteiger partial charge is 0.0619 e. The molecule has 4 fully saturated rings. The number of hydrogen-bond acceptors (Lipinski definition) is 0. The van der Waals surface area contributed by atoms with E-state index in [1.807, 2.05) is 0 Å². The van der Waals surface area contributed by atoms with Gasteiger partial charge >= 0.3 is 0 Å². The molecule has 2 atom stereocenters. The van der Waals surface area contributed by atoms with Crippen LogP contribution in [0.1, 0.15) is 6.42 Å². The van der Waals surface area contributed by atoms with Gasteiger partial charge in [-0.3, -0.25) is 0 Å². The molecule has 0 nitrogen and oxygen atoms in total. The van der Waals surface area contributed by atoms with Crippen molar-refractivity contribution in [2.75, 3.05) is 0 Å². The summed E-state index contributed by atoms with van der Waals surface area (Å²) in [5.41, 5.74) is 1.30. The summed E-state index contributed by atoms with van der Waals surface area (Å²) in [6, 6.07) is 5.26. The van der Waals surface area contributed by atoms with Gasteiger partial charge in [-0.2, -0.15) is 0 Å². The normalized spacial score (nSPS) is 46.8. The van der Waals surface area contributed by atoms with Gasteiger partial charge in [-0.1, -0.05) is 30.1 Å². The van der Waals surface area contributed by atoms with E-state index in [2.05, 4.69) is 0 Å². The number of hydrogen-bond donors (Lipinski definition) is 0. The fourth-order valence-electron chi connectivity index (χ4n) is 2.56. The van der Waals surface area contributed by atoms with E-state index in [-0.39, 0.29) is 0 Å². The van der Waals surface area contributed by atoms with Crippen LogP contribution in [0.3, 0.4) is 0 Å². The summed E-state index contributed by atoms with van der Waals surface area (Å²) in [5.74, 6) is 1.28. The molecular formula is C6H10Si4. The van der Waals surface area contributed by atoms with E-state index in [0.717, 1.165) is 0 Å². The summed E-state index contributed by atoms with van der Waals surface area (Å²) in [7, 11) is 3.78. The smallest absolute Gasteiger partial charge is 0.0309 e. The van der Waals surface area contributed by atoms with Crippen molar-refractivity contribution in [3.63, 3.8) is 0 Å². The monoisotopic (exact) mass is 194 g/mol. The Hall–Kier alpha value is 0.868. The van der Waals surface area contributed by atoms with Gasteiger partial charge in [0.25, 0.3) is 0 Å². The molecule has 0 spiro atoms. The second-order valence-electron chi connectivity index (χ2n) is 3.76. The zero-order valence-corrected chi connectivity index (χ0v) is 9.98. The zero-order chi connectivity index (χ0) is 6.55. The second-order valence-corrected chi connectivity index (χ2v) is 19.6. The number of rotatable bonds is 0. The predicted octanol–water partition coefficient (Wildman–Crippen LogP) is 0.710. The fourth-order valence-corrected chi connectivity index (χ4v) is 34.0. The van der Waals surface area contributed by atoms with Crippen LogP contribution in [0.5, 0.6) is 0 Å². The first-order valence-electron chi connectivity index (χ1n) is 4.14. The van der Waals surface area contributed by atoms with Gasteiger partial charge in [0.05, 0.1) is 0 Å². The van der Waals surface area contributed by atoms with Gasteiger partial charge < -0.3 is 0 Å². The molecule has 4 heteroatoms. The lowest BCUT2D eigenvalue weighted by atomic mass is 10.1. The van der Waals surface area contributed by atoms with E-state index in [4.69, 9.17) is 0 Å². The first-order valence-corrected chi connectivity index (χ1v) is 12.8. The molecule has 4 heterocycles. The fraction of sp³-hybridized carbons (Fsp3) is 1.00. The molecule has 0 N–H and O–H groups in total. The molecule has 4 saturated heterocycles. The van der Waals surface area contributed by atoms with Gasteiger partial charge in [0.1, 0.15) is 0 Å². The van der Waals surface area contributed by atoms with E-state index < -0.39 is 0 Å². The van der Waals surface area contributed by atoms with Crippen LogP contribution in [0.25, 0.3) is 0 Å². The lowest BCUT2D eigenvalue weighted by Gasteiger charge is -2.47. The van der Waals surface area contributed by atoms with Crippen molar-refractivity contribution in [1.29, 1.82) is 0 Å². The van der Waals surface area contributed by atoms with E-state index in [1.165, 1.54) is 20.5 Å². The lowest BCUT2D eigenvalue weighted by Crippen LogP contribution is -2.57. The van der Waals surface area contributed by atoms with Crippen molar-refractivity contribution in [2.24, 2.45) is 5.92 Å². The Balaban J connectivity index is 1.90. The van der Waals surface area contributed by atoms with Gasteiger partial charge in [0.15, 0.2) is 0 Å². The maximum Gasteiger partial charge on any atom is 0.0309 e. The maximum absolute atomic E-state index is 1.76.